The second-order valence-corrected chi connectivity index (χ2v) is 12.6. The van der Waals surface area contributed by atoms with Gasteiger partial charge < -0.3 is 4.90 Å². The molecule has 1 aliphatic carbocycles. The van der Waals surface area contributed by atoms with Crippen molar-refractivity contribution in [2.45, 2.75) is 113 Å². The smallest absolute Gasteiger partial charge is 0.126 e. The lowest BCUT2D eigenvalue weighted by molar-refractivity contribution is 0.184. The van der Waals surface area contributed by atoms with Crippen molar-refractivity contribution in [1.82, 2.24) is 9.88 Å². The topological polar surface area (TPSA) is 28.5 Å². The van der Waals surface area contributed by atoms with Crippen LogP contribution in [0.2, 0.25) is 0 Å². The fraction of sp³-hybridized carbons (Fsp3) is 0.512. The summed E-state index contributed by atoms with van der Waals surface area (Å²) < 4.78 is 14.1. The standard InChI is InChI=1S/C24H33FN2.C11H13N.C4H8.C2H6/c1-4-11-27-12-9-20(10-13-27)17-23-15-19(3)14-22(26-23)8-7-21-6-5-18(2)16-24(21)25;1-8(2)10-5-6-11(12-4)9(3)7-10;1-2-4-3-1;1-2/h5-6,14-16,20H,4,7-13,17H2,1-3H3;5-7H,1,4H2,2-3H3;1-4H2;1-2H3. The number of nitrogens with zero attached hydrogens (tertiary/aromatic N) is 3. The molecule has 0 atom stereocenters. The highest BCUT2D eigenvalue weighted by molar-refractivity contribution is 5.65. The Morgan fingerprint density at radius 3 is 2.07 bits per heavy atom. The summed E-state index contributed by atoms with van der Waals surface area (Å²) in [7, 11) is 0. The van der Waals surface area contributed by atoms with E-state index in [1.807, 2.05) is 58.9 Å². The van der Waals surface area contributed by atoms with Crippen molar-refractivity contribution in [3.8, 4) is 0 Å². The van der Waals surface area contributed by atoms with Crippen LogP contribution < -0.4 is 0 Å². The van der Waals surface area contributed by atoms with Crippen LogP contribution in [0.3, 0.4) is 0 Å². The number of benzene rings is 2. The van der Waals surface area contributed by atoms with Crippen LogP contribution in [0.5, 0.6) is 0 Å². The molecular weight excluding hydrogens is 553 g/mol. The number of hydrogen-bond acceptors (Lipinski definition) is 3. The summed E-state index contributed by atoms with van der Waals surface area (Å²) in [6, 6.07) is 15.9. The van der Waals surface area contributed by atoms with Crippen LogP contribution in [0.4, 0.5) is 10.1 Å². The Kier molecular flexibility index (Phi) is 17.6. The van der Waals surface area contributed by atoms with Gasteiger partial charge in [0, 0.05) is 11.4 Å². The molecule has 3 nitrogen and oxygen atoms in total. The molecule has 1 saturated heterocycles. The maximum absolute atomic E-state index is 14.1. The summed E-state index contributed by atoms with van der Waals surface area (Å²) in [6.45, 7) is 25.4. The van der Waals surface area contributed by atoms with Crippen LogP contribution in [0, 0.1) is 32.5 Å². The van der Waals surface area contributed by atoms with Gasteiger partial charge in [0.2, 0.25) is 0 Å². The molecule has 246 valence electrons. The third kappa shape index (κ3) is 13.8. The molecule has 2 aliphatic rings. The Balaban J connectivity index is 0.000000321. The number of allylic oxidation sites excluding steroid dienone is 1. The van der Waals surface area contributed by atoms with E-state index in [9.17, 15) is 4.39 Å². The molecule has 4 heteroatoms. The van der Waals surface area contributed by atoms with Gasteiger partial charge in [0.05, 0.1) is 5.69 Å². The number of rotatable bonds is 9. The average molecular weight is 614 g/mol. The quantitative estimate of drug-likeness (QED) is 0.225. The van der Waals surface area contributed by atoms with Gasteiger partial charge >= 0.3 is 0 Å². The summed E-state index contributed by atoms with van der Waals surface area (Å²) in [5.41, 5.74) is 9.66. The van der Waals surface area contributed by atoms with Gasteiger partial charge in [0.1, 0.15) is 5.82 Å². The van der Waals surface area contributed by atoms with E-state index in [1.165, 1.54) is 81.4 Å². The van der Waals surface area contributed by atoms with Crippen molar-refractivity contribution in [1.29, 1.82) is 0 Å². The van der Waals surface area contributed by atoms with E-state index in [0.29, 0.717) is 6.42 Å². The molecule has 45 heavy (non-hydrogen) atoms. The van der Waals surface area contributed by atoms with Gasteiger partial charge in [-0.05, 0) is 157 Å². The summed E-state index contributed by atoms with van der Waals surface area (Å²) >= 11 is 0. The summed E-state index contributed by atoms with van der Waals surface area (Å²) in [5.74, 6) is 0.650. The zero-order chi connectivity index (χ0) is 33.2. The monoisotopic (exact) mass is 613 g/mol. The minimum atomic E-state index is -0.0956. The third-order valence-corrected chi connectivity index (χ3v) is 8.54. The first kappa shape index (κ1) is 38.1. The largest absolute Gasteiger partial charge is 0.303 e. The zero-order valence-corrected chi connectivity index (χ0v) is 29.5. The van der Waals surface area contributed by atoms with Crippen LogP contribution in [-0.2, 0) is 19.3 Å². The van der Waals surface area contributed by atoms with Gasteiger partial charge in [-0.1, -0.05) is 76.8 Å². The van der Waals surface area contributed by atoms with Crippen LogP contribution >= 0.6 is 0 Å². The van der Waals surface area contributed by atoms with E-state index in [2.05, 4.69) is 55.2 Å². The maximum atomic E-state index is 14.1. The number of likely N-dealkylation sites (tertiary alicyclic amines) is 1. The van der Waals surface area contributed by atoms with Crippen LogP contribution in [0.1, 0.15) is 112 Å². The first-order valence-corrected chi connectivity index (χ1v) is 17.4. The maximum Gasteiger partial charge on any atom is 0.126 e. The highest BCUT2D eigenvalue weighted by Crippen LogP contribution is 2.23. The fourth-order valence-electron chi connectivity index (χ4n) is 5.54. The molecule has 0 bridgehead atoms. The number of pyridine rings is 1. The van der Waals surface area contributed by atoms with Gasteiger partial charge in [-0.2, -0.15) is 0 Å². The van der Waals surface area contributed by atoms with Crippen molar-refractivity contribution < 1.29 is 4.39 Å². The zero-order valence-electron chi connectivity index (χ0n) is 29.5. The average Bonchev–Trinajstić information content (AvgIpc) is 2.98. The van der Waals surface area contributed by atoms with Gasteiger partial charge in [0.25, 0.3) is 0 Å². The van der Waals surface area contributed by atoms with Crippen LogP contribution in [0.25, 0.3) is 5.57 Å². The Morgan fingerprint density at radius 1 is 0.889 bits per heavy atom. The van der Waals surface area contributed by atoms with E-state index >= 15 is 0 Å². The lowest BCUT2D eigenvalue weighted by Crippen LogP contribution is -2.34. The number of aromatic nitrogens is 1. The number of aliphatic imine (C=N–C) groups is 1. The van der Waals surface area contributed by atoms with E-state index in [-0.39, 0.29) is 5.82 Å². The SMILES string of the molecule is C1CCC1.C=Nc1ccc(C(=C)C)cc1C.CC.CCCN1CCC(Cc2cc(C)cc(CCc3ccc(C)cc3F)n2)CC1. The molecule has 2 heterocycles. The molecule has 2 fully saturated rings. The number of halogens is 1. The van der Waals surface area contributed by atoms with Crippen LogP contribution in [0.15, 0.2) is 60.1 Å². The molecule has 1 aromatic heterocycles. The van der Waals surface area contributed by atoms with Gasteiger partial charge in [0.15, 0.2) is 0 Å². The predicted octanol–water partition coefficient (Wildman–Crippen LogP) is 11.2. The minimum absolute atomic E-state index is 0.0956. The Bertz CT molecular complexity index is 1310. The Morgan fingerprint density at radius 2 is 1.53 bits per heavy atom. The first-order valence-electron chi connectivity index (χ1n) is 17.4. The van der Waals surface area contributed by atoms with Crippen molar-refractivity contribution in [3.63, 3.8) is 0 Å². The van der Waals surface area contributed by atoms with Crippen molar-refractivity contribution in [2.24, 2.45) is 10.9 Å². The summed E-state index contributed by atoms with van der Waals surface area (Å²) in [4.78, 5) is 11.4. The molecule has 5 rings (SSSR count). The molecule has 0 N–H and O–H groups in total. The fourth-order valence-corrected chi connectivity index (χ4v) is 5.54. The molecule has 1 aliphatic heterocycles. The molecule has 2 aromatic carbocycles. The normalized spacial score (nSPS) is 14.4. The highest BCUT2D eigenvalue weighted by atomic mass is 19.1. The third-order valence-electron chi connectivity index (χ3n) is 8.54. The first-order chi connectivity index (χ1) is 21.7. The lowest BCUT2D eigenvalue weighted by Gasteiger charge is -2.31. The molecule has 1 saturated carbocycles. The van der Waals surface area contributed by atoms with Gasteiger partial charge in [-0.15, -0.1) is 0 Å². The van der Waals surface area contributed by atoms with E-state index in [1.54, 1.807) is 6.07 Å². The van der Waals surface area contributed by atoms with E-state index < -0.39 is 0 Å². The Labute approximate surface area is 275 Å². The molecular formula is C41H60FN3. The van der Waals surface area contributed by atoms with Crippen molar-refractivity contribution in [3.05, 3.63) is 100 Å². The second kappa shape index (κ2) is 20.8. The second-order valence-electron chi connectivity index (χ2n) is 12.6. The molecule has 0 radical (unpaired) electrons. The molecule has 0 amide bonds. The van der Waals surface area contributed by atoms with Crippen LogP contribution in [-0.4, -0.2) is 36.2 Å². The minimum Gasteiger partial charge on any atom is -0.303 e. The van der Waals surface area contributed by atoms with Gasteiger partial charge in [-0.25, -0.2) is 4.39 Å². The van der Waals surface area contributed by atoms with Crippen molar-refractivity contribution in [2.75, 3.05) is 19.6 Å². The molecule has 0 spiro atoms. The van der Waals surface area contributed by atoms with Gasteiger partial charge in [-0.3, -0.25) is 9.98 Å². The molecule has 0 unspecified atom stereocenters. The number of piperidine rings is 1. The lowest BCUT2D eigenvalue weighted by atomic mass is 9.91. The van der Waals surface area contributed by atoms with Crippen molar-refractivity contribution >= 4 is 18.0 Å². The number of aryl methyl sites for hydroxylation is 5. The summed E-state index contributed by atoms with van der Waals surface area (Å²) in [5, 5.41) is 0. The summed E-state index contributed by atoms with van der Waals surface area (Å²) in [6.07, 6.45) is 12.4. The van der Waals surface area contributed by atoms with E-state index in [4.69, 9.17) is 4.98 Å². The number of hydrogen-bond donors (Lipinski definition) is 0. The highest BCUT2D eigenvalue weighted by Gasteiger charge is 2.19. The van der Waals surface area contributed by atoms with E-state index in [0.717, 1.165) is 52.4 Å². The Hall–Kier alpha value is -3.11. The molecule has 3 aromatic rings. The predicted molar refractivity (Wildman–Crippen MR) is 196 cm³/mol.